The van der Waals surface area contributed by atoms with Crippen LogP contribution in [-0.2, 0) is 4.79 Å². The molecule has 1 fully saturated rings. The highest BCUT2D eigenvalue weighted by Gasteiger charge is 2.33. The second-order valence-corrected chi connectivity index (χ2v) is 6.84. The van der Waals surface area contributed by atoms with Crippen molar-refractivity contribution in [3.05, 3.63) is 66.0 Å². The smallest absolute Gasteiger partial charge is 0.239 e. The van der Waals surface area contributed by atoms with Gasteiger partial charge in [-0.25, -0.2) is 0 Å². The third-order valence-corrected chi connectivity index (χ3v) is 4.74. The summed E-state index contributed by atoms with van der Waals surface area (Å²) >= 11 is 0. The fourth-order valence-corrected chi connectivity index (χ4v) is 3.19. The average molecular weight is 362 g/mol. The summed E-state index contributed by atoms with van der Waals surface area (Å²) in [6.45, 7) is 2.06. The minimum absolute atomic E-state index is 0.0141. The number of carbonyl (C=O) groups is 1. The van der Waals surface area contributed by atoms with Crippen molar-refractivity contribution in [1.29, 1.82) is 0 Å². The molecule has 1 atom stereocenters. The lowest BCUT2D eigenvalue weighted by Gasteiger charge is -2.19. The molecule has 1 aromatic heterocycles. The maximum absolute atomic E-state index is 12.5. The van der Waals surface area contributed by atoms with Crippen LogP contribution in [0.5, 0.6) is 0 Å². The molecule has 1 heterocycles. The van der Waals surface area contributed by atoms with Gasteiger partial charge in [-0.15, -0.1) is 5.10 Å². The zero-order valence-electron chi connectivity index (χ0n) is 15.2. The molecule has 0 radical (unpaired) electrons. The zero-order valence-corrected chi connectivity index (χ0v) is 15.2. The van der Waals surface area contributed by atoms with Crippen LogP contribution in [0.25, 0.3) is 5.69 Å². The van der Waals surface area contributed by atoms with Crippen molar-refractivity contribution in [2.75, 3.05) is 11.9 Å². The van der Waals surface area contributed by atoms with Crippen LogP contribution >= 0.6 is 0 Å². The maximum atomic E-state index is 12.5. The molecule has 138 valence electrons. The maximum Gasteiger partial charge on any atom is 0.239 e. The first-order valence-electron chi connectivity index (χ1n) is 9.14. The normalized spacial score (nSPS) is 14.6. The molecule has 0 spiro atoms. The van der Waals surface area contributed by atoms with Gasteiger partial charge in [-0.3, -0.25) is 4.79 Å². The number of aryl methyl sites for hydroxylation is 1. The van der Waals surface area contributed by atoms with E-state index in [-0.39, 0.29) is 18.5 Å². The van der Waals surface area contributed by atoms with Crippen molar-refractivity contribution in [3.63, 3.8) is 0 Å². The number of hydrogen-bond donors (Lipinski definition) is 2. The molecule has 27 heavy (non-hydrogen) atoms. The van der Waals surface area contributed by atoms with Crippen molar-refractivity contribution in [3.8, 4) is 5.69 Å². The summed E-state index contributed by atoms with van der Waals surface area (Å²) in [6, 6.07) is 18.0. The van der Waals surface area contributed by atoms with Crippen LogP contribution in [0.15, 0.2) is 54.6 Å². The molecule has 1 aliphatic carbocycles. The fourth-order valence-electron chi connectivity index (χ4n) is 3.19. The van der Waals surface area contributed by atoms with Crippen LogP contribution in [0.3, 0.4) is 0 Å². The van der Waals surface area contributed by atoms with Gasteiger partial charge in [0.1, 0.15) is 0 Å². The van der Waals surface area contributed by atoms with Gasteiger partial charge < -0.3 is 10.6 Å². The molecule has 1 unspecified atom stereocenters. The van der Waals surface area contributed by atoms with Crippen LogP contribution in [0, 0.1) is 12.8 Å². The number of anilines is 1. The number of aromatic nitrogens is 4. The highest BCUT2D eigenvalue weighted by Crippen LogP contribution is 2.40. The molecule has 1 aliphatic rings. The number of carbonyl (C=O) groups excluding carboxylic acids is 1. The number of tetrazole rings is 1. The predicted molar refractivity (Wildman–Crippen MR) is 102 cm³/mol. The average Bonchev–Trinajstić information content (AvgIpc) is 3.45. The standard InChI is InChI=1S/C20H22N6O/c1-14-23-24-25-26(14)18-9-5-8-17(12-18)21-13-19(27)22-20(16-10-11-16)15-6-3-2-4-7-15/h2-9,12,16,20-21H,10-11,13H2,1H3,(H,22,27). The summed E-state index contributed by atoms with van der Waals surface area (Å²) in [5.41, 5.74) is 2.87. The summed E-state index contributed by atoms with van der Waals surface area (Å²) in [7, 11) is 0. The number of benzene rings is 2. The molecule has 2 N–H and O–H groups in total. The Bertz CT molecular complexity index is 919. The van der Waals surface area contributed by atoms with E-state index >= 15 is 0 Å². The van der Waals surface area contributed by atoms with Crippen molar-refractivity contribution < 1.29 is 4.79 Å². The van der Waals surface area contributed by atoms with E-state index in [1.165, 1.54) is 18.4 Å². The minimum Gasteiger partial charge on any atom is -0.376 e. The SMILES string of the molecule is Cc1nnnn1-c1cccc(NCC(=O)NC(c2ccccc2)C2CC2)c1. The molecule has 4 rings (SSSR count). The molecule has 1 saturated carbocycles. The van der Waals surface area contributed by atoms with Gasteiger partial charge in [0.05, 0.1) is 18.3 Å². The predicted octanol–water partition coefficient (Wildman–Crippen LogP) is 2.65. The van der Waals surface area contributed by atoms with E-state index in [0.717, 1.165) is 11.4 Å². The van der Waals surface area contributed by atoms with E-state index in [2.05, 4.69) is 38.3 Å². The molecular formula is C20H22N6O. The Labute approximate surface area is 157 Å². The molecule has 7 heteroatoms. The highest BCUT2D eigenvalue weighted by molar-refractivity contribution is 5.81. The number of rotatable bonds is 7. The summed E-state index contributed by atoms with van der Waals surface area (Å²) in [4.78, 5) is 12.5. The Morgan fingerprint density at radius 2 is 2.00 bits per heavy atom. The molecule has 3 aromatic rings. The molecule has 1 amide bonds. The third-order valence-electron chi connectivity index (χ3n) is 4.74. The largest absolute Gasteiger partial charge is 0.376 e. The van der Waals surface area contributed by atoms with Crippen LogP contribution in [0.1, 0.15) is 30.3 Å². The molecule has 0 aliphatic heterocycles. The second-order valence-electron chi connectivity index (χ2n) is 6.84. The monoisotopic (exact) mass is 362 g/mol. The summed E-state index contributed by atoms with van der Waals surface area (Å²) < 4.78 is 1.66. The Hall–Kier alpha value is -3.22. The Morgan fingerprint density at radius 3 is 2.70 bits per heavy atom. The first-order chi connectivity index (χ1) is 13.2. The quantitative estimate of drug-likeness (QED) is 0.675. The van der Waals surface area contributed by atoms with Crippen LogP contribution in [0.4, 0.5) is 5.69 Å². The van der Waals surface area contributed by atoms with Gasteiger partial charge in [0, 0.05) is 5.69 Å². The summed E-state index contributed by atoms with van der Waals surface area (Å²) in [6.07, 6.45) is 2.33. The number of nitrogens with zero attached hydrogens (tertiary/aromatic N) is 4. The van der Waals surface area contributed by atoms with Crippen molar-refractivity contribution in [1.82, 2.24) is 25.5 Å². The van der Waals surface area contributed by atoms with E-state index in [0.29, 0.717) is 11.7 Å². The van der Waals surface area contributed by atoms with Crippen molar-refractivity contribution >= 4 is 11.6 Å². The highest BCUT2D eigenvalue weighted by atomic mass is 16.2. The van der Waals surface area contributed by atoms with Crippen LogP contribution in [-0.4, -0.2) is 32.7 Å². The number of hydrogen-bond acceptors (Lipinski definition) is 5. The van der Waals surface area contributed by atoms with Crippen molar-refractivity contribution in [2.24, 2.45) is 5.92 Å². The topological polar surface area (TPSA) is 84.7 Å². The number of amides is 1. The Balaban J connectivity index is 1.38. The van der Waals surface area contributed by atoms with E-state index in [4.69, 9.17) is 0 Å². The van der Waals surface area contributed by atoms with E-state index in [9.17, 15) is 4.79 Å². The van der Waals surface area contributed by atoms with Gasteiger partial charge in [-0.05, 0) is 59.9 Å². The Kier molecular flexibility index (Phi) is 4.82. The lowest BCUT2D eigenvalue weighted by molar-refractivity contribution is -0.120. The molecule has 7 nitrogen and oxygen atoms in total. The lowest BCUT2D eigenvalue weighted by atomic mass is 10.0. The van der Waals surface area contributed by atoms with Gasteiger partial charge in [-0.2, -0.15) is 4.68 Å². The first-order valence-corrected chi connectivity index (χ1v) is 9.14. The number of nitrogens with one attached hydrogen (secondary N) is 2. The van der Waals surface area contributed by atoms with Gasteiger partial charge in [0.2, 0.25) is 5.91 Å². The molecular weight excluding hydrogens is 340 g/mol. The Morgan fingerprint density at radius 1 is 1.19 bits per heavy atom. The van der Waals surface area contributed by atoms with Gasteiger partial charge in [-0.1, -0.05) is 36.4 Å². The zero-order chi connectivity index (χ0) is 18.6. The molecule has 2 aromatic carbocycles. The summed E-state index contributed by atoms with van der Waals surface area (Å²) in [5, 5.41) is 17.9. The third kappa shape index (κ3) is 4.13. The molecule has 0 saturated heterocycles. The van der Waals surface area contributed by atoms with Crippen molar-refractivity contribution in [2.45, 2.75) is 25.8 Å². The van der Waals surface area contributed by atoms with E-state index < -0.39 is 0 Å². The van der Waals surface area contributed by atoms with Crippen LogP contribution < -0.4 is 10.6 Å². The fraction of sp³-hybridized carbons (Fsp3) is 0.300. The van der Waals surface area contributed by atoms with Gasteiger partial charge in [0.15, 0.2) is 5.82 Å². The second kappa shape index (κ2) is 7.57. The molecule has 0 bridgehead atoms. The van der Waals surface area contributed by atoms with Gasteiger partial charge in [0.25, 0.3) is 0 Å². The van der Waals surface area contributed by atoms with E-state index in [1.807, 2.05) is 49.4 Å². The van der Waals surface area contributed by atoms with Crippen LogP contribution in [0.2, 0.25) is 0 Å². The summed E-state index contributed by atoms with van der Waals surface area (Å²) in [5.74, 6) is 1.24. The van der Waals surface area contributed by atoms with E-state index in [1.54, 1.807) is 4.68 Å². The minimum atomic E-state index is -0.0141. The lowest BCUT2D eigenvalue weighted by Crippen LogP contribution is -2.34. The first kappa shape index (κ1) is 17.2. The van der Waals surface area contributed by atoms with Gasteiger partial charge >= 0.3 is 0 Å².